The molecule has 1 aromatic rings. The second-order valence-corrected chi connectivity index (χ2v) is 6.11. The zero-order valence-electron chi connectivity index (χ0n) is 12.0. The molecule has 1 aromatic heterocycles. The highest BCUT2D eigenvalue weighted by Gasteiger charge is 2.08. The van der Waals surface area contributed by atoms with Crippen LogP contribution in [0.2, 0.25) is 0 Å². The number of hydrogen-bond acceptors (Lipinski definition) is 8. The molecule has 0 atom stereocenters. The van der Waals surface area contributed by atoms with Crippen molar-refractivity contribution in [2.75, 3.05) is 37.0 Å². The molecule has 20 heavy (non-hydrogen) atoms. The van der Waals surface area contributed by atoms with Crippen LogP contribution in [0.15, 0.2) is 0 Å². The van der Waals surface area contributed by atoms with Gasteiger partial charge in [-0.1, -0.05) is 0 Å². The molecular weight excluding hydrogens is 284 g/mol. The first-order chi connectivity index (χ1) is 9.30. The van der Waals surface area contributed by atoms with E-state index in [1.807, 2.05) is 13.8 Å². The predicted octanol–water partition coefficient (Wildman–Crippen LogP) is -0.338. The van der Waals surface area contributed by atoms with Crippen LogP contribution in [0.25, 0.3) is 0 Å². The Morgan fingerprint density at radius 2 is 1.80 bits per heavy atom. The average molecular weight is 304 g/mol. The summed E-state index contributed by atoms with van der Waals surface area (Å²) in [5.41, 5.74) is 0. The Morgan fingerprint density at radius 1 is 1.15 bits per heavy atom. The van der Waals surface area contributed by atoms with Gasteiger partial charge in [0.2, 0.25) is 21.9 Å². The molecule has 0 aliphatic carbocycles. The minimum absolute atomic E-state index is 0.0538. The third kappa shape index (κ3) is 6.48. The van der Waals surface area contributed by atoms with Gasteiger partial charge in [-0.2, -0.15) is 15.0 Å². The Morgan fingerprint density at radius 3 is 2.35 bits per heavy atom. The number of rotatable bonds is 8. The SMILES string of the molecule is CNc1nc(NCCNS(C)(=O)=O)nc(OC(C)C)n1. The Kier molecular flexibility index (Phi) is 5.89. The zero-order chi connectivity index (χ0) is 15.2. The van der Waals surface area contributed by atoms with Gasteiger partial charge >= 0.3 is 6.01 Å². The third-order valence-corrected chi connectivity index (χ3v) is 2.68. The first kappa shape index (κ1) is 16.4. The molecule has 0 aromatic carbocycles. The summed E-state index contributed by atoms with van der Waals surface area (Å²) in [5, 5.41) is 5.70. The van der Waals surface area contributed by atoms with Crippen LogP contribution in [0, 0.1) is 0 Å². The maximum atomic E-state index is 10.9. The van der Waals surface area contributed by atoms with Crippen molar-refractivity contribution in [1.82, 2.24) is 19.7 Å². The smallest absolute Gasteiger partial charge is 0.323 e. The molecule has 0 unspecified atom stereocenters. The highest BCUT2D eigenvalue weighted by molar-refractivity contribution is 7.88. The number of nitrogens with one attached hydrogen (secondary N) is 3. The Balaban J connectivity index is 2.64. The van der Waals surface area contributed by atoms with E-state index in [1.54, 1.807) is 7.05 Å². The van der Waals surface area contributed by atoms with Crippen LogP contribution in [0.3, 0.4) is 0 Å². The lowest BCUT2D eigenvalue weighted by molar-refractivity contribution is 0.222. The van der Waals surface area contributed by atoms with Gasteiger partial charge in [0.15, 0.2) is 0 Å². The van der Waals surface area contributed by atoms with Gasteiger partial charge in [-0.15, -0.1) is 0 Å². The summed E-state index contributed by atoms with van der Waals surface area (Å²) < 4.78 is 29.6. The summed E-state index contributed by atoms with van der Waals surface area (Å²) in [4.78, 5) is 12.2. The van der Waals surface area contributed by atoms with Crippen LogP contribution >= 0.6 is 0 Å². The van der Waals surface area contributed by atoms with Crippen molar-refractivity contribution in [2.45, 2.75) is 20.0 Å². The van der Waals surface area contributed by atoms with E-state index in [4.69, 9.17) is 4.74 Å². The van der Waals surface area contributed by atoms with Gasteiger partial charge in [-0.3, -0.25) is 0 Å². The maximum absolute atomic E-state index is 10.9. The Labute approximate surface area is 118 Å². The molecule has 0 spiro atoms. The largest absolute Gasteiger partial charge is 0.461 e. The van der Waals surface area contributed by atoms with Crippen LogP contribution in [0.5, 0.6) is 6.01 Å². The minimum atomic E-state index is -3.20. The summed E-state index contributed by atoms with van der Waals surface area (Å²) in [6.07, 6.45) is 1.05. The van der Waals surface area contributed by atoms with Gasteiger partial charge in [-0.25, -0.2) is 13.1 Å². The molecule has 0 amide bonds. The van der Waals surface area contributed by atoms with E-state index < -0.39 is 10.0 Å². The van der Waals surface area contributed by atoms with Gasteiger partial charge in [0.25, 0.3) is 0 Å². The normalized spacial score (nSPS) is 11.4. The molecule has 10 heteroatoms. The van der Waals surface area contributed by atoms with Crippen LogP contribution < -0.4 is 20.1 Å². The van der Waals surface area contributed by atoms with Crippen LogP contribution in [0.4, 0.5) is 11.9 Å². The third-order valence-electron chi connectivity index (χ3n) is 1.95. The first-order valence-electron chi connectivity index (χ1n) is 6.09. The molecule has 1 heterocycles. The van der Waals surface area contributed by atoms with Gasteiger partial charge < -0.3 is 15.4 Å². The zero-order valence-corrected chi connectivity index (χ0v) is 12.8. The fourth-order valence-corrected chi connectivity index (χ4v) is 1.69. The van der Waals surface area contributed by atoms with Crippen LogP contribution in [-0.4, -0.2) is 55.9 Å². The first-order valence-corrected chi connectivity index (χ1v) is 7.98. The van der Waals surface area contributed by atoms with Gasteiger partial charge in [0, 0.05) is 20.1 Å². The molecule has 3 N–H and O–H groups in total. The van der Waals surface area contributed by atoms with Crippen molar-refractivity contribution in [2.24, 2.45) is 0 Å². The quantitative estimate of drug-likeness (QED) is 0.558. The average Bonchev–Trinajstić information content (AvgIpc) is 2.32. The summed E-state index contributed by atoms with van der Waals surface area (Å²) >= 11 is 0. The molecule has 1 rings (SSSR count). The molecule has 0 fully saturated rings. The number of aromatic nitrogens is 3. The van der Waals surface area contributed by atoms with E-state index in [1.165, 1.54) is 0 Å². The Hall–Kier alpha value is -1.68. The van der Waals surface area contributed by atoms with Crippen LogP contribution in [0.1, 0.15) is 13.8 Å². The van der Waals surface area contributed by atoms with Crippen molar-refractivity contribution in [3.63, 3.8) is 0 Å². The standard InChI is InChI=1S/C10H20N6O3S/c1-7(2)19-10-15-8(11-3)14-9(16-10)12-5-6-13-20(4,17)18/h7,13H,5-6H2,1-4H3,(H2,11,12,14,15,16). The van der Waals surface area contributed by atoms with Gasteiger partial charge in [-0.05, 0) is 13.8 Å². The predicted molar refractivity (Wildman–Crippen MR) is 76.5 cm³/mol. The molecule has 114 valence electrons. The lowest BCUT2D eigenvalue weighted by Gasteiger charge is -2.11. The van der Waals surface area contributed by atoms with Crippen molar-refractivity contribution in [3.8, 4) is 6.01 Å². The van der Waals surface area contributed by atoms with Crippen molar-refractivity contribution < 1.29 is 13.2 Å². The lowest BCUT2D eigenvalue weighted by Crippen LogP contribution is -2.28. The minimum Gasteiger partial charge on any atom is -0.461 e. The topological polar surface area (TPSA) is 118 Å². The highest BCUT2D eigenvalue weighted by atomic mass is 32.2. The monoisotopic (exact) mass is 304 g/mol. The molecule has 0 radical (unpaired) electrons. The number of sulfonamides is 1. The molecular formula is C10H20N6O3S. The molecule has 0 aliphatic heterocycles. The number of ether oxygens (including phenoxy) is 1. The molecule has 0 aliphatic rings. The molecule has 0 bridgehead atoms. The number of nitrogens with zero attached hydrogens (tertiary/aromatic N) is 3. The van der Waals surface area contributed by atoms with E-state index in [2.05, 4.69) is 30.3 Å². The molecule has 0 saturated carbocycles. The van der Waals surface area contributed by atoms with E-state index in [0.29, 0.717) is 18.4 Å². The van der Waals surface area contributed by atoms with Crippen molar-refractivity contribution >= 4 is 21.9 Å². The number of hydrogen-bond donors (Lipinski definition) is 3. The van der Waals surface area contributed by atoms with E-state index in [9.17, 15) is 8.42 Å². The maximum Gasteiger partial charge on any atom is 0.323 e. The van der Waals surface area contributed by atoms with Crippen molar-refractivity contribution in [3.05, 3.63) is 0 Å². The lowest BCUT2D eigenvalue weighted by atomic mass is 10.5. The fraction of sp³-hybridized carbons (Fsp3) is 0.700. The summed E-state index contributed by atoms with van der Waals surface area (Å²) in [6, 6.07) is 0.206. The highest BCUT2D eigenvalue weighted by Crippen LogP contribution is 2.11. The van der Waals surface area contributed by atoms with Crippen LogP contribution in [-0.2, 0) is 10.0 Å². The number of anilines is 2. The second-order valence-electron chi connectivity index (χ2n) is 4.28. The van der Waals surface area contributed by atoms with Gasteiger partial charge in [0.1, 0.15) is 0 Å². The van der Waals surface area contributed by atoms with Gasteiger partial charge in [0.05, 0.1) is 12.4 Å². The fourth-order valence-electron chi connectivity index (χ4n) is 1.22. The molecule has 9 nitrogen and oxygen atoms in total. The summed E-state index contributed by atoms with van der Waals surface area (Å²) in [6.45, 7) is 4.32. The van der Waals surface area contributed by atoms with Crippen molar-refractivity contribution in [1.29, 1.82) is 0 Å². The summed E-state index contributed by atoms with van der Waals surface area (Å²) in [7, 11) is -1.51. The second kappa shape index (κ2) is 7.20. The van der Waals surface area contributed by atoms with E-state index >= 15 is 0 Å². The van der Waals surface area contributed by atoms with E-state index in [-0.39, 0.29) is 18.7 Å². The Bertz CT molecular complexity index is 534. The summed E-state index contributed by atoms with van der Waals surface area (Å²) in [5.74, 6) is 0.685. The molecule has 0 saturated heterocycles. The van der Waals surface area contributed by atoms with E-state index in [0.717, 1.165) is 6.26 Å².